The monoisotopic (exact) mass is 281 g/mol. The Morgan fingerprint density at radius 1 is 1.37 bits per heavy atom. The van der Waals surface area contributed by atoms with E-state index >= 15 is 0 Å². The summed E-state index contributed by atoms with van der Waals surface area (Å²) in [6, 6.07) is 4.19. The number of thiophene rings is 1. The summed E-state index contributed by atoms with van der Waals surface area (Å²) in [4.78, 5) is 4.77. The smallest absolute Gasteiger partial charge is 0.0771 e. The standard InChI is InChI=1S/C15H23NO2S/c1-3-16(10-12-18-4-2)13-15-9-8-14(19-15)7-5-6-11-17/h8-9,17H,3-4,6,10-13H2,1-2H3. The van der Waals surface area contributed by atoms with Crippen LogP contribution < -0.4 is 0 Å². The molecule has 1 heterocycles. The van der Waals surface area contributed by atoms with Crippen LogP contribution in [-0.2, 0) is 11.3 Å². The summed E-state index contributed by atoms with van der Waals surface area (Å²) in [7, 11) is 0. The highest BCUT2D eigenvalue weighted by Crippen LogP contribution is 2.17. The molecule has 0 aliphatic rings. The number of nitrogens with zero attached hydrogens (tertiary/aromatic N) is 1. The maximum atomic E-state index is 8.69. The van der Waals surface area contributed by atoms with Gasteiger partial charge in [0.2, 0.25) is 0 Å². The van der Waals surface area contributed by atoms with E-state index in [9.17, 15) is 0 Å². The van der Waals surface area contributed by atoms with E-state index in [1.165, 1.54) is 4.88 Å². The zero-order chi connectivity index (χ0) is 13.9. The van der Waals surface area contributed by atoms with Gasteiger partial charge in [0.25, 0.3) is 0 Å². The molecule has 0 fully saturated rings. The Morgan fingerprint density at radius 2 is 2.21 bits per heavy atom. The first-order chi connectivity index (χ1) is 9.30. The highest BCUT2D eigenvalue weighted by Gasteiger charge is 2.05. The lowest BCUT2D eigenvalue weighted by Gasteiger charge is -2.19. The molecule has 0 aliphatic heterocycles. The lowest BCUT2D eigenvalue weighted by molar-refractivity contribution is 0.113. The number of likely N-dealkylation sites (N-methyl/N-ethyl adjacent to an activating group) is 1. The third kappa shape index (κ3) is 6.74. The number of ether oxygens (including phenoxy) is 1. The van der Waals surface area contributed by atoms with E-state index in [1.54, 1.807) is 11.3 Å². The summed E-state index contributed by atoms with van der Waals surface area (Å²) < 4.78 is 5.39. The number of hydrogen-bond donors (Lipinski definition) is 1. The van der Waals surface area contributed by atoms with Crippen LogP contribution in [0.1, 0.15) is 30.0 Å². The van der Waals surface area contributed by atoms with Gasteiger partial charge in [-0.3, -0.25) is 4.90 Å². The van der Waals surface area contributed by atoms with Crippen molar-refractivity contribution < 1.29 is 9.84 Å². The molecule has 0 bridgehead atoms. The highest BCUT2D eigenvalue weighted by molar-refractivity contribution is 7.12. The van der Waals surface area contributed by atoms with E-state index in [0.717, 1.165) is 37.7 Å². The average molecular weight is 281 g/mol. The van der Waals surface area contributed by atoms with Gasteiger partial charge in [-0.1, -0.05) is 18.8 Å². The second kappa shape index (κ2) is 9.99. The van der Waals surface area contributed by atoms with Crippen LogP contribution in [0.15, 0.2) is 12.1 Å². The molecule has 4 heteroatoms. The Labute approximate surface area is 120 Å². The molecule has 19 heavy (non-hydrogen) atoms. The zero-order valence-electron chi connectivity index (χ0n) is 11.8. The quantitative estimate of drug-likeness (QED) is 0.586. The zero-order valence-corrected chi connectivity index (χ0v) is 12.6. The summed E-state index contributed by atoms with van der Waals surface area (Å²) in [5, 5.41) is 8.69. The fraction of sp³-hybridized carbons (Fsp3) is 0.600. The molecule has 0 spiro atoms. The third-order valence-corrected chi connectivity index (χ3v) is 3.68. The van der Waals surface area contributed by atoms with Gasteiger partial charge in [0.15, 0.2) is 0 Å². The van der Waals surface area contributed by atoms with Crippen molar-refractivity contribution in [1.29, 1.82) is 0 Å². The van der Waals surface area contributed by atoms with Gasteiger partial charge in [-0.05, 0) is 25.6 Å². The van der Waals surface area contributed by atoms with Crippen molar-refractivity contribution in [1.82, 2.24) is 4.90 Å². The van der Waals surface area contributed by atoms with Gasteiger partial charge < -0.3 is 9.84 Å². The predicted octanol–water partition coefficient (Wildman–Crippen LogP) is 2.34. The molecule has 3 nitrogen and oxygen atoms in total. The van der Waals surface area contributed by atoms with Crippen molar-refractivity contribution in [2.45, 2.75) is 26.8 Å². The molecule has 1 aromatic heterocycles. The molecule has 0 saturated carbocycles. The minimum Gasteiger partial charge on any atom is -0.395 e. The number of hydrogen-bond acceptors (Lipinski definition) is 4. The SMILES string of the molecule is CCOCCN(CC)Cc1ccc(C#CCCO)s1. The van der Waals surface area contributed by atoms with E-state index in [0.29, 0.717) is 6.42 Å². The van der Waals surface area contributed by atoms with Gasteiger partial charge in [0.05, 0.1) is 18.1 Å². The Hall–Kier alpha value is -0.860. The molecule has 0 radical (unpaired) electrons. The Kier molecular flexibility index (Phi) is 8.52. The molecule has 0 unspecified atom stereocenters. The van der Waals surface area contributed by atoms with Crippen molar-refractivity contribution in [3.8, 4) is 11.8 Å². The van der Waals surface area contributed by atoms with Gasteiger partial charge in [-0.25, -0.2) is 0 Å². The number of aliphatic hydroxyl groups excluding tert-OH is 1. The van der Waals surface area contributed by atoms with E-state index < -0.39 is 0 Å². The number of rotatable bonds is 8. The fourth-order valence-corrected chi connectivity index (χ4v) is 2.57. The molecule has 106 valence electrons. The molecule has 0 atom stereocenters. The Bertz CT molecular complexity index is 406. The van der Waals surface area contributed by atoms with E-state index in [4.69, 9.17) is 9.84 Å². The summed E-state index contributed by atoms with van der Waals surface area (Å²) in [5.41, 5.74) is 0. The Morgan fingerprint density at radius 3 is 2.89 bits per heavy atom. The number of aliphatic hydroxyl groups is 1. The first-order valence-electron chi connectivity index (χ1n) is 6.78. The second-order valence-corrected chi connectivity index (χ2v) is 5.28. The van der Waals surface area contributed by atoms with E-state index in [1.807, 2.05) is 6.92 Å². The van der Waals surface area contributed by atoms with Gasteiger partial charge in [-0.2, -0.15) is 0 Å². The predicted molar refractivity (Wildman–Crippen MR) is 80.3 cm³/mol. The summed E-state index contributed by atoms with van der Waals surface area (Å²) in [6.45, 7) is 8.83. The lowest BCUT2D eigenvalue weighted by Crippen LogP contribution is -2.26. The fourth-order valence-electron chi connectivity index (χ4n) is 1.64. The lowest BCUT2D eigenvalue weighted by atomic mass is 10.3. The third-order valence-electron chi connectivity index (χ3n) is 2.69. The van der Waals surface area contributed by atoms with Gasteiger partial charge in [0.1, 0.15) is 0 Å². The topological polar surface area (TPSA) is 32.7 Å². The van der Waals surface area contributed by atoms with Crippen LogP contribution in [0.3, 0.4) is 0 Å². The molecule has 1 rings (SSSR count). The highest BCUT2D eigenvalue weighted by atomic mass is 32.1. The molecule has 0 saturated heterocycles. The molecule has 1 N–H and O–H groups in total. The minimum atomic E-state index is 0.131. The molecule has 0 aliphatic carbocycles. The first kappa shape index (κ1) is 16.2. The molecular weight excluding hydrogens is 258 g/mol. The molecule has 0 amide bonds. The van der Waals surface area contributed by atoms with Gasteiger partial charge in [-0.15, -0.1) is 11.3 Å². The largest absolute Gasteiger partial charge is 0.395 e. The van der Waals surface area contributed by atoms with Gasteiger partial charge >= 0.3 is 0 Å². The molecule has 1 aromatic rings. The second-order valence-electron chi connectivity index (χ2n) is 4.11. The van der Waals surface area contributed by atoms with Crippen molar-refractivity contribution in [2.24, 2.45) is 0 Å². The maximum Gasteiger partial charge on any atom is 0.0771 e. The minimum absolute atomic E-state index is 0.131. The van der Waals surface area contributed by atoms with Crippen LogP contribution >= 0.6 is 11.3 Å². The summed E-state index contributed by atoms with van der Waals surface area (Å²) in [6.07, 6.45) is 0.544. The maximum absolute atomic E-state index is 8.69. The van der Waals surface area contributed by atoms with Crippen LogP contribution in [0.2, 0.25) is 0 Å². The van der Waals surface area contributed by atoms with Crippen LogP contribution in [0, 0.1) is 11.8 Å². The van der Waals surface area contributed by atoms with E-state index in [-0.39, 0.29) is 6.61 Å². The van der Waals surface area contributed by atoms with E-state index in [2.05, 4.69) is 35.8 Å². The van der Waals surface area contributed by atoms with Crippen molar-refractivity contribution in [3.63, 3.8) is 0 Å². The average Bonchev–Trinajstić information content (AvgIpc) is 2.86. The Balaban J connectivity index is 2.45. The van der Waals surface area contributed by atoms with Crippen molar-refractivity contribution in [3.05, 3.63) is 21.9 Å². The van der Waals surface area contributed by atoms with Crippen molar-refractivity contribution >= 4 is 11.3 Å². The van der Waals surface area contributed by atoms with Crippen LogP contribution in [0.25, 0.3) is 0 Å². The van der Waals surface area contributed by atoms with Crippen LogP contribution in [0.4, 0.5) is 0 Å². The molecule has 0 aromatic carbocycles. The van der Waals surface area contributed by atoms with Crippen molar-refractivity contribution in [2.75, 3.05) is 32.9 Å². The first-order valence-corrected chi connectivity index (χ1v) is 7.60. The molecular formula is C15H23NO2S. The van der Waals surface area contributed by atoms with Gasteiger partial charge in [0, 0.05) is 31.0 Å². The summed E-state index contributed by atoms with van der Waals surface area (Å²) in [5.74, 6) is 6.03. The van der Waals surface area contributed by atoms with Crippen LogP contribution in [0.5, 0.6) is 0 Å². The summed E-state index contributed by atoms with van der Waals surface area (Å²) >= 11 is 1.73. The van der Waals surface area contributed by atoms with Crippen LogP contribution in [-0.4, -0.2) is 42.9 Å². The normalized spacial score (nSPS) is 10.5.